The standard InChI is InChI=1S/C18H14N6O/c19-10-14-2-1-3-17(21-14)23-11-15(12-23)24-18(25)5-4-16(22-24)13-6-8-20-9-7-13/h1-9,15H,11-12H2. The van der Waals surface area contributed by atoms with E-state index in [0.29, 0.717) is 18.8 Å². The SMILES string of the molecule is N#Cc1cccc(N2CC(n3nc(-c4ccncc4)ccc3=O)C2)n1. The lowest BCUT2D eigenvalue weighted by Gasteiger charge is -2.40. The summed E-state index contributed by atoms with van der Waals surface area (Å²) in [6, 6.07) is 14.4. The van der Waals surface area contributed by atoms with Gasteiger partial charge in [-0.25, -0.2) is 9.67 Å². The average molecular weight is 330 g/mol. The van der Waals surface area contributed by atoms with Crippen LogP contribution in [0.4, 0.5) is 5.82 Å². The highest BCUT2D eigenvalue weighted by Gasteiger charge is 2.31. The second kappa shape index (κ2) is 6.17. The number of aromatic nitrogens is 4. The molecule has 3 aromatic heterocycles. The van der Waals surface area contributed by atoms with Crippen LogP contribution in [-0.2, 0) is 0 Å². The number of rotatable bonds is 3. The van der Waals surface area contributed by atoms with Crippen molar-refractivity contribution in [1.82, 2.24) is 19.7 Å². The van der Waals surface area contributed by atoms with Crippen molar-refractivity contribution in [3.8, 4) is 17.3 Å². The Bertz CT molecular complexity index is 1000. The Morgan fingerprint density at radius 2 is 1.88 bits per heavy atom. The van der Waals surface area contributed by atoms with E-state index in [-0.39, 0.29) is 11.6 Å². The molecule has 0 radical (unpaired) electrons. The molecule has 0 atom stereocenters. The second-order valence-electron chi connectivity index (χ2n) is 5.79. The summed E-state index contributed by atoms with van der Waals surface area (Å²) in [5.74, 6) is 0.744. The lowest BCUT2D eigenvalue weighted by molar-refractivity contribution is 0.353. The summed E-state index contributed by atoms with van der Waals surface area (Å²) in [5.41, 5.74) is 1.92. The van der Waals surface area contributed by atoms with Crippen molar-refractivity contribution in [1.29, 1.82) is 5.26 Å². The monoisotopic (exact) mass is 330 g/mol. The fraction of sp³-hybridized carbons (Fsp3) is 0.167. The summed E-state index contributed by atoms with van der Waals surface area (Å²) in [7, 11) is 0. The van der Waals surface area contributed by atoms with Gasteiger partial charge in [-0.05, 0) is 30.3 Å². The van der Waals surface area contributed by atoms with Gasteiger partial charge in [-0.3, -0.25) is 9.78 Å². The number of hydrogen-bond acceptors (Lipinski definition) is 6. The van der Waals surface area contributed by atoms with Gasteiger partial charge in [-0.2, -0.15) is 10.4 Å². The number of nitrogens with zero attached hydrogens (tertiary/aromatic N) is 6. The molecular formula is C18H14N6O. The molecule has 4 rings (SSSR count). The molecule has 1 aliphatic heterocycles. The third-order valence-electron chi connectivity index (χ3n) is 4.18. The van der Waals surface area contributed by atoms with Crippen LogP contribution in [0.15, 0.2) is 59.7 Å². The van der Waals surface area contributed by atoms with E-state index in [1.54, 1.807) is 30.6 Å². The van der Waals surface area contributed by atoms with Gasteiger partial charge in [-0.15, -0.1) is 0 Å². The van der Waals surface area contributed by atoms with Crippen LogP contribution in [0, 0.1) is 11.3 Å². The highest BCUT2D eigenvalue weighted by molar-refractivity contribution is 5.57. The van der Waals surface area contributed by atoms with Gasteiger partial charge in [0.15, 0.2) is 0 Å². The zero-order valence-corrected chi connectivity index (χ0v) is 13.3. The first-order valence-electron chi connectivity index (χ1n) is 7.87. The number of pyridine rings is 2. The third-order valence-corrected chi connectivity index (χ3v) is 4.18. The van der Waals surface area contributed by atoms with E-state index in [9.17, 15) is 4.79 Å². The minimum atomic E-state index is -0.124. The Balaban J connectivity index is 1.56. The van der Waals surface area contributed by atoms with E-state index < -0.39 is 0 Å². The van der Waals surface area contributed by atoms with E-state index >= 15 is 0 Å². The summed E-state index contributed by atoms with van der Waals surface area (Å²) >= 11 is 0. The highest BCUT2D eigenvalue weighted by Crippen LogP contribution is 2.25. The lowest BCUT2D eigenvalue weighted by atomic mass is 10.1. The summed E-state index contributed by atoms with van der Waals surface area (Å²) in [6.07, 6.45) is 3.40. The minimum Gasteiger partial charge on any atom is -0.352 e. The van der Waals surface area contributed by atoms with Crippen LogP contribution in [0.25, 0.3) is 11.3 Å². The predicted molar refractivity (Wildman–Crippen MR) is 91.9 cm³/mol. The first-order chi connectivity index (χ1) is 12.2. The van der Waals surface area contributed by atoms with Gasteiger partial charge in [0.25, 0.3) is 5.56 Å². The first-order valence-corrected chi connectivity index (χ1v) is 7.87. The molecular weight excluding hydrogens is 316 g/mol. The molecule has 0 unspecified atom stereocenters. The van der Waals surface area contributed by atoms with Crippen molar-refractivity contribution in [3.63, 3.8) is 0 Å². The molecule has 0 saturated carbocycles. The molecule has 122 valence electrons. The highest BCUT2D eigenvalue weighted by atomic mass is 16.1. The molecule has 3 aromatic rings. The van der Waals surface area contributed by atoms with Gasteiger partial charge >= 0.3 is 0 Å². The molecule has 7 heteroatoms. The number of hydrogen-bond donors (Lipinski definition) is 0. The molecule has 0 aromatic carbocycles. The predicted octanol–water partition coefficient (Wildman–Crippen LogP) is 1.63. The van der Waals surface area contributed by atoms with Gasteiger partial charge in [-0.1, -0.05) is 6.07 Å². The zero-order valence-electron chi connectivity index (χ0n) is 13.3. The van der Waals surface area contributed by atoms with Crippen molar-refractivity contribution in [2.75, 3.05) is 18.0 Å². The average Bonchev–Trinajstić information content (AvgIpc) is 2.63. The van der Waals surface area contributed by atoms with Gasteiger partial charge in [0, 0.05) is 37.1 Å². The van der Waals surface area contributed by atoms with E-state index in [2.05, 4.69) is 15.1 Å². The molecule has 0 spiro atoms. The van der Waals surface area contributed by atoms with Gasteiger partial charge in [0.1, 0.15) is 17.6 Å². The summed E-state index contributed by atoms with van der Waals surface area (Å²) < 4.78 is 1.53. The van der Waals surface area contributed by atoms with Gasteiger partial charge in [0.05, 0.1) is 11.7 Å². The van der Waals surface area contributed by atoms with Crippen molar-refractivity contribution in [3.05, 3.63) is 70.9 Å². The van der Waals surface area contributed by atoms with Crippen LogP contribution in [0.1, 0.15) is 11.7 Å². The van der Waals surface area contributed by atoms with E-state index in [1.165, 1.54) is 4.68 Å². The molecule has 0 N–H and O–H groups in total. The van der Waals surface area contributed by atoms with Crippen LogP contribution >= 0.6 is 0 Å². The van der Waals surface area contributed by atoms with E-state index in [0.717, 1.165) is 17.1 Å². The minimum absolute atomic E-state index is 0.0122. The van der Waals surface area contributed by atoms with E-state index in [4.69, 9.17) is 5.26 Å². The maximum atomic E-state index is 12.2. The van der Waals surface area contributed by atoms with Gasteiger partial charge < -0.3 is 4.90 Å². The zero-order chi connectivity index (χ0) is 17.2. The van der Waals surface area contributed by atoms with Crippen molar-refractivity contribution >= 4 is 5.82 Å². The topological polar surface area (TPSA) is 87.7 Å². The normalized spacial score (nSPS) is 14.0. The Morgan fingerprint density at radius 3 is 2.64 bits per heavy atom. The Kier molecular flexibility index (Phi) is 3.71. The van der Waals surface area contributed by atoms with Crippen LogP contribution in [0.5, 0.6) is 0 Å². The van der Waals surface area contributed by atoms with Crippen LogP contribution in [0.2, 0.25) is 0 Å². The Morgan fingerprint density at radius 1 is 1.08 bits per heavy atom. The summed E-state index contributed by atoms with van der Waals surface area (Å²) in [6.45, 7) is 1.27. The molecule has 1 saturated heterocycles. The maximum absolute atomic E-state index is 12.2. The Labute approximate surface area is 143 Å². The van der Waals surface area contributed by atoms with Crippen LogP contribution < -0.4 is 10.5 Å². The quantitative estimate of drug-likeness (QED) is 0.725. The summed E-state index contributed by atoms with van der Waals surface area (Å²) in [5, 5.41) is 13.5. The molecule has 0 aliphatic carbocycles. The first kappa shape index (κ1) is 15.0. The molecule has 4 heterocycles. The number of nitriles is 1. The van der Waals surface area contributed by atoms with Crippen LogP contribution in [0.3, 0.4) is 0 Å². The summed E-state index contributed by atoms with van der Waals surface area (Å²) in [4.78, 5) is 22.5. The third kappa shape index (κ3) is 2.85. The van der Waals surface area contributed by atoms with Gasteiger partial charge in [0.2, 0.25) is 0 Å². The molecule has 1 fully saturated rings. The largest absolute Gasteiger partial charge is 0.352 e. The molecule has 7 nitrogen and oxygen atoms in total. The van der Waals surface area contributed by atoms with E-state index in [1.807, 2.05) is 35.2 Å². The van der Waals surface area contributed by atoms with Crippen molar-refractivity contribution < 1.29 is 0 Å². The second-order valence-corrected chi connectivity index (χ2v) is 5.79. The Hall–Kier alpha value is -3.53. The van der Waals surface area contributed by atoms with Crippen molar-refractivity contribution in [2.24, 2.45) is 0 Å². The molecule has 0 amide bonds. The number of anilines is 1. The molecule has 1 aliphatic rings. The fourth-order valence-electron chi connectivity index (χ4n) is 2.82. The maximum Gasteiger partial charge on any atom is 0.267 e. The van der Waals surface area contributed by atoms with Crippen LogP contribution in [-0.4, -0.2) is 32.8 Å². The fourth-order valence-corrected chi connectivity index (χ4v) is 2.82. The molecule has 25 heavy (non-hydrogen) atoms. The lowest BCUT2D eigenvalue weighted by Crippen LogP contribution is -2.51. The smallest absolute Gasteiger partial charge is 0.267 e. The molecule has 0 bridgehead atoms. The van der Waals surface area contributed by atoms with Crippen molar-refractivity contribution in [2.45, 2.75) is 6.04 Å².